The summed E-state index contributed by atoms with van der Waals surface area (Å²) in [5.74, 6) is 1.82. The number of fused-ring (bicyclic) bond motifs is 1. The molecular weight excluding hydrogens is 226 g/mol. The number of hydrogen-bond acceptors (Lipinski definition) is 3. The Kier molecular flexibility index (Phi) is 4.12. The molecule has 0 spiro atoms. The molecule has 1 heterocycles. The van der Waals surface area contributed by atoms with E-state index in [2.05, 4.69) is 26.1 Å². The topological polar surface area (TPSA) is 41.5 Å². The van der Waals surface area contributed by atoms with Crippen LogP contribution in [-0.2, 0) is 0 Å². The average molecular weight is 249 g/mol. The second kappa shape index (κ2) is 5.61. The Bertz CT molecular complexity index is 405. The van der Waals surface area contributed by atoms with Gasteiger partial charge in [0.15, 0.2) is 0 Å². The van der Waals surface area contributed by atoms with Crippen LogP contribution in [-0.4, -0.2) is 17.8 Å². The summed E-state index contributed by atoms with van der Waals surface area (Å²) >= 11 is 0. The molecule has 1 aromatic rings. The number of aromatic hydroxyl groups is 1. The maximum Gasteiger partial charge on any atom is 0.127 e. The summed E-state index contributed by atoms with van der Waals surface area (Å²) in [5, 5.41) is 13.0. The van der Waals surface area contributed by atoms with E-state index >= 15 is 0 Å². The lowest BCUT2D eigenvalue weighted by Gasteiger charge is -2.21. The van der Waals surface area contributed by atoms with Gasteiger partial charge < -0.3 is 15.2 Å². The molecule has 3 heteroatoms. The summed E-state index contributed by atoms with van der Waals surface area (Å²) in [5.41, 5.74) is 1.16. The third-order valence-corrected chi connectivity index (χ3v) is 3.72. The fourth-order valence-corrected chi connectivity index (χ4v) is 2.52. The first-order chi connectivity index (χ1) is 8.60. The minimum absolute atomic E-state index is 0.250. The van der Waals surface area contributed by atoms with Crippen LogP contribution in [0.25, 0.3) is 0 Å². The van der Waals surface area contributed by atoms with Crippen LogP contribution in [0.1, 0.15) is 45.2 Å². The van der Waals surface area contributed by atoms with Crippen LogP contribution >= 0.6 is 0 Å². The molecule has 3 nitrogen and oxygen atoms in total. The molecule has 0 saturated heterocycles. The molecule has 3 unspecified atom stereocenters. The Labute approximate surface area is 109 Å². The predicted octanol–water partition coefficient (Wildman–Crippen LogP) is 3.24. The Morgan fingerprint density at radius 2 is 2.22 bits per heavy atom. The summed E-state index contributed by atoms with van der Waals surface area (Å²) < 4.78 is 5.60. The van der Waals surface area contributed by atoms with Gasteiger partial charge in [-0.15, -0.1) is 0 Å². The molecule has 1 aliphatic rings. The van der Waals surface area contributed by atoms with Crippen LogP contribution < -0.4 is 10.1 Å². The maximum atomic E-state index is 9.41. The molecule has 1 aromatic carbocycles. The van der Waals surface area contributed by atoms with E-state index < -0.39 is 0 Å². The molecule has 0 radical (unpaired) electrons. The highest BCUT2D eigenvalue weighted by Gasteiger charge is 2.25. The number of nitrogens with one attached hydrogen (secondary N) is 1. The summed E-state index contributed by atoms with van der Waals surface area (Å²) in [6.07, 6.45) is 2.40. The minimum Gasteiger partial charge on any atom is -0.508 e. The van der Waals surface area contributed by atoms with Crippen LogP contribution in [0.3, 0.4) is 0 Å². The summed E-state index contributed by atoms with van der Waals surface area (Å²) in [6.45, 7) is 7.40. The van der Waals surface area contributed by atoms with Gasteiger partial charge in [-0.3, -0.25) is 0 Å². The number of benzene rings is 1. The van der Waals surface area contributed by atoms with Crippen molar-refractivity contribution in [3.05, 3.63) is 23.8 Å². The lowest BCUT2D eigenvalue weighted by atomic mass is 9.99. The second-order valence-corrected chi connectivity index (χ2v) is 5.40. The summed E-state index contributed by atoms with van der Waals surface area (Å²) in [6, 6.07) is 6.09. The monoisotopic (exact) mass is 249 g/mol. The first kappa shape index (κ1) is 13.2. The molecule has 2 rings (SSSR count). The Hall–Kier alpha value is -1.22. The largest absolute Gasteiger partial charge is 0.508 e. The maximum absolute atomic E-state index is 9.41. The van der Waals surface area contributed by atoms with Crippen molar-refractivity contribution in [1.29, 1.82) is 0 Å². The quantitative estimate of drug-likeness (QED) is 0.841. The Morgan fingerprint density at radius 1 is 1.44 bits per heavy atom. The molecular formula is C15H23NO2. The fourth-order valence-electron chi connectivity index (χ4n) is 2.52. The zero-order valence-electron chi connectivity index (χ0n) is 11.4. The molecule has 18 heavy (non-hydrogen) atoms. The third-order valence-electron chi connectivity index (χ3n) is 3.72. The first-order valence-corrected chi connectivity index (χ1v) is 6.82. The Morgan fingerprint density at radius 3 is 2.94 bits per heavy atom. The van der Waals surface area contributed by atoms with Gasteiger partial charge in [-0.25, -0.2) is 0 Å². The second-order valence-electron chi connectivity index (χ2n) is 5.40. The van der Waals surface area contributed by atoms with E-state index in [9.17, 15) is 5.11 Å². The smallest absolute Gasteiger partial charge is 0.127 e. The van der Waals surface area contributed by atoms with Gasteiger partial charge in [0.05, 0.1) is 6.04 Å². The van der Waals surface area contributed by atoms with Crippen molar-refractivity contribution >= 4 is 0 Å². The van der Waals surface area contributed by atoms with Crippen molar-refractivity contribution < 1.29 is 9.84 Å². The van der Waals surface area contributed by atoms with Gasteiger partial charge in [0.25, 0.3) is 0 Å². The molecule has 3 atom stereocenters. The van der Waals surface area contributed by atoms with E-state index in [0.29, 0.717) is 12.6 Å². The fraction of sp³-hybridized carbons (Fsp3) is 0.600. The van der Waals surface area contributed by atoms with Crippen molar-refractivity contribution in [3.63, 3.8) is 0 Å². The van der Waals surface area contributed by atoms with Crippen molar-refractivity contribution in [2.45, 2.75) is 45.7 Å². The van der Waals surface area contributed by atoms with Crippen molar-refractivity contribution in [2.24, 2.45) is 5.92 Å². The van der Waals surface area contributed by atoms with Gasteiger partial charge in [-0.1, -0.05) is 20.3 Å². The van der Waals surface area contributed by atoms with Crippen molar-refractivity contribution in [3.8, 4) is 11.5 Å². The van der Waals surface area contributed by atoms with Gasteiger partial charge in [0, 0.05) is 17.7 Å². The molecule has 0 saturated carbocycles. The highest BCUT2D eigenvalue weighted by Crippen LogP contribution is 2.35. The Balaban J connectivity index is 1.97. The normalized spacial score (nSPS) is 21.2. The summed E-state index contributed by atoms with van der Waals surface area (Å²) in [4.78, 5) is 0. The standard InChI is InChI=1S/C15H23NO2/c1-4-10(2)7-11(3)16-14-9-18-15-8-12(17)5-6-13(14)15/h5-6,8,10-11,14,16-17H,4,7,9H2,1-3H3. The van der Waals surface area contributed by atoms with E-state index in [1.807, 2.05) is 6.07 Å². The highest BCUT2D eigenvalue weighted by atomic mass is 16.5. The van der Waals surface area contributed by atoms with Gasteiger partial charge in [0.1, 0.15) is 18.1 Å². The van der Waals surface area contributed by atoms with E-state index in [0.717, 1.165) is 17.2 Å². The van der Waals surface area contributed by atoms with Gasteiger partial charge in [0.2, 0.25) is 0 Å². The zero-order chi connectivity index (χ0) is 13.1. The number of ether oxygens (including phenoxy) is 1. The average Bonchev–Trinajstić information content (AvgIpc) is 2.71. The lowest BCUT2D eigenvalue weighted by molar-refractivity contribution is 0.288. The molecule has 2 N–H and O–H groups in total. The molecule has 100 valence electrons. The first-order valence-electron chi connectivity index (χ1n) is 6.82. The lowest BCUT2D eigenvalue weighted by Crippen LogP contribution is -2.32. The van der Waals surface area contributed by atoms with E-state index in [1.54, 1.807) is 12.1 Å². The van der Waals surface area contributed by atoms with Gasteiger partial charge in [-0.05, 0) is 31.4 Å². The van der Waals surface area contributed by atoms with Crippen LogP contribution in [0, 0.1) is 5.92 Å². The minimum atomic E-state index is 0.250. The van der Waals surface area contributed by atoms with Crippen molar-refractivity contribution in [1.82, 2.24) is 5.32 Å². The third kappa shape index (κ3) is 2.96. The van der Waals surface area contributed by atoms with Crippen molar-refractivity contribution in [2.75, 3.05) is 6.61 Å². The van der Waals surface area contributed by atoms with Crippen LogP contribution in [0.15, 0.2) is 18.2 Å². The SMILES string of the molecule is CCC(C)CC(C)NC1COc2cc(O)ccc21. The molecule has 1 aliphatic heterocycles. The number of hydrogen-bond donors (Lipinski definition) is 2. The zero-order valence-corrected chi connectivity index (χ0v) is 11.4. The van der Waals surface area contributed by atoms with Crippen LogP contribution in [0.4, 0.5) is 0 Å². The molecule has 0 amide bonds. The molecule has 0 aromatic heterocycles. The van der Waals surface area contributed by atoms with Gasteiger partial charge >= 0.3 is 0 Å². The number of phenols is 1. The van der Waals surface area contributed by atoms with Crippen LogP contribution in [0.5, 0.6) is 11.5 Å². The van der Waals surface area contributed by atoms with E-state index in [4.69, 9.17) is 4.74 Å². The van der Waals surface area contributed by atoms with E-state index in [-0.39, 0.29) is 11.8 Å². The van der Waals surface area contributed by atoms with Crippen LogP contribution in [0.2, 0.25) is 0 Å². The molecule has 0 fully saturated rings. The predicted molar refractivity (Wildman–Crippen MR) is 73.0 cm³/mol. The van der Waals surface area contributed by atoms with Gasteiger partial charge in [-0.2, -0.15) is 0 Å². The number of phenolic OH excluding ortho intramolecular Hbond substituents is 1. The molecule has 0 aliphatic carbocycles. The van der Waals surface area contributed by atoms with E-state index in [1.165, 1.54) is 12.8 Å². The highest BCUT2D eigenvalue weighted by molar-refractivity contribution is 5.44. The summed E-state index contributed by atoms with van der Waals surface area (Å²) in [7, 11) is 0. The number of rotatable bonds is 5. The molecule has 0 bridgehead atoms.